The van der Waals surface area contributed by atoms with Gasteiger partial charge in [0, 0.05) is 18.1 Å². The number of hydrogen-bond donors (Lipinski definition) is 1. The van der Waals surface area contributed by atoms with Crippen molar-refractivity contribution < 1.29 is 29.0 Å². The summed E-state index contributed by atoms with van der Waals surface area (Å²) in [4.78, 5) is 30.0. The molecule has 1 N–H and O–H groups in total. The van der Waals surface area contributed by atoms with Gasteiger partial charge in [0.15, 0.2) is 0 Å². The third kappa shape index (κ3) is 27.0. The standard InChI is InChI=1S/2C6H10O2.C3H4O2/c1-4-8-6(7)5(2)3;1-3-5-6(7)8-4-2;1-2-3(4)5/h2,4H2,1,3H3;4H,2-3,5H2,1H3;2H,1H2,(H,4,5). The van der Waals surface area contributed by atoms with Gasteiger partial charge in [0.1, 0.15) is 0 Å². The molecule has 6 heteroatoms. The fourth-order valence-electron chi connectivity index (χ4n) is 0.610. The van der Waals surface area contributed by atoms with E-state index >= 15 is 0 Å². The van der Waals surface area contributed by atoms with Crippen LogP contribution >= 0.6 is 0 Å². The summed E-state index contributed by atoms with van der Waals surface area (Å²) < 4.78 is 8.97. The van der Waals surface area contributed by atoms with Crippen molar-refractivity contribution >= 4 is 17.9 Å². The first kappa shape index (κ1) is 23.7. The van der Waals surface area contributed by atoms with Crippen molar-refractivity contribution in [3.8, 4) is 0 Å². The third-order valence-corrected chi connectivity index (χ3v) is 1.47. The topological polar surface area (TPSA) is 89.9 Å². The predicted octanol–water partition coefficient (Wildman–Crippen LogP) is 2.86. The minimum atomic E-state index is -0.981. The van der Waals surface area contributed by atoms with E-state index < -0.39 is 5.97 Å². The molecule has 0 spiro atoms. The fraction of sp³-hybridized carbons (Fsp3) is 0.400. The monoisotopic (exact) mass is 300 g/mol. The molecule has 0 radical (unpaired) electrons. The predicted molar refractivity (Wildman–Crippen MR) is 80.5 cm³/mol. The molecule has 120 valence electrons. The van der Waals surface area contributed by atoms with Gasteiger partial charge in [0.05, 0.1) is 12.9 Å². The maximum Gasteiger partial charge on any atom is 0.333 e. The number of aliphatic carboxylic acids is 1. The van der Waals surface area contributed by atoms with Crippen LogP contribution in [0.25, 0.3) is 0 Å². The lowest BCUT2D eigenvalue weighted by Gasteiger charge is -1.96. The highest BCUT2D eigenvalue weighted by atomic mass is 16.5. The zero-order chi connectivity index (χ0) is 17.3. The highest BCUT2D eigenvalue weighted by Crippen LogP contribution is 1.90. The summed E-state index contributed by atoms with van der Waals surface area (Å²) in [5.41, 5.74) is 0.451. The zero-order valence-electron chi connectivity index (χ0n) is 12.9. The molecule has 6 nitrogen and oxygen atoms in total. The SMILES string of the molecule is C=C(C)C(=O)OCC.C=CC(=O)O.C=COC(=O)CCC. The molecule has 0 aromatic carbocycles. The minimum absolute atomic E-state index is 0.206. The lowest BCUT2D eigenvalue weighted by atomic mass is 10.3. The van der Waals surface area contributed by atoms with Crippen LogP contribution in [-0.4, -0.2) is 29.6 Å². The summed E-state index contributed by atoms with van der Waals surface area (Å²) in [6, 6.07) is 0. The maximum absolute atomic E-state index is 10.4. The first-order chi connectivity index (χ1) is 9.76. The summed E-state index contributed by atoms with van der Waals surface area (Å²) in [5.74, 6) is -1.50. The normalized spacial score (nSPS) is 7.76. The molecule has 0 aliphatic carbocycles. The Balaban J connectivity index is -0.000000239. The number of ether oxygens (including phenoxy) is 2. The Morgan fingerprint density at radius 1 is 1.19 bits per heavy atom. The Morgan fingerprint density at radius 3 is 1.86 bits per heavy atom. The summed E-state index contributed by atoms with van der Waals surface area (Å²) in [5, 5.41) is 7.60. The fourth-order valence-corrected chi connectivity index (χ4v) is 0.610. The van der Waals surface area contributed by atoms with Crippen LogP contribution in [0.3, 0.4) is 0 Å². The maximum atomic E-state index is 10.4. The second kappa shape index (κ2) is 17.6. The smallest absolute Gasteiger partial charge is 0.333 e. The van der Waals surface area contributed by atoms with Gasteiger partial charge in [-0.25, -0.2) is 9.59 Å². The van der Waals surface area contributed by atoms with Crippen LogP contribution in [0.15, 0.2) is 37.6 Å². The van der Waals surface area contributed by atoms with Gasteiger partial charge in [-0.2, -0.15) is 0 Å². The summed E-state index contributed by atoms with van der Waals surface area (Å²) in [6.45, 7) is 15.3. The summed E-state index contributed by atoms with van der Waals surface area (Å²) in [6.07, 6.45) is 3.29. The number of carboxylic acids is 1. The van der Waals surface area contributed by atoms with Gasteiger partial charge in [0.25, 0.3) is 0 Å². The second-order valence-electron chi connectivity index (χ2n) is 3.45. The van der Waals surface area contributed by atoms with E-state index in [-0.39, 0.29) is 11.9 Å². The Morgan fingerprint density at radius 2 is 1.67 bits per heavy atom. The molecule has 0 aromatic heterocycles. The van der Waals surface area contributed by atoms with E-state index in [1.165, 1.54) is 0 Å². The molecule has 0 rings (SSSR count). The molecular formula is C15H24O6. The molecule has 0 aliphatic heterocycles. The summed E-state index contributed by atoms with van der Waals surface area (Å²) >= 11 is 0. The van der Waals surface area contributed by atoms with Gasteiger partial charge in [0.2, 0.25) is 0 Å². The van der Waals surface area contributed by atoms with E-state index in [1.54, 1.807) is 13.8 Å². The molecule has 0 saturated carbocycles. The van der Waals surface area contributed by atoms with Gasteiger partial charge in [-0.3, -0.25) is 4.79 Å². The molecule has 0 amide bonds. The molecule has 0 heterocycles. The molecule has 0 aromatic rings. The van der Waals surface area contributed by atoms with Crippen LogP contribution in [0.4, 0.5) is 0 Å². The Kier molecular flexibility index (Phi) is 19.9. The van der Waals surface area contributed by atoms with Crippen molar-refractivity contribution in [1.82, 2.24) is 0 Å². The Hall–Kier alpha value is -2.37. The van der Waals surface area contributed by atoms with Crippen LogP contribution in [-0.2, 0) is 23.9 Å². The highest BCUT2D eigenvalue weighted by molar-refractivity contribution is 5.86. The molecular weight excluding hydrogens is 276 g/mol. The van der Waals surface area contributed by atoms with E-state index in [9.17, 15) is 14.4 Å². The van der Waals surface area contributed by atoms with E-state index in [2.05, 4.69) is 29.2 Å². The van der Waals surface area contributed by atoms with E-state index in [0.29, 0.717) is 18.6 Å². The van der Waals surface area contributed by atoms with Crippen LogP contribution in [0.1, 0.15) is 33.6 Å². The quantitative estimate of drug-likeness (QED) is 0.461. The molecule has 0 bridgehead atoms. The number of carbonyl (C=O) groups is 3. The number of esters is 2. The van der Waals surface area contributed by atoms with Gasteiger partial charge in [-0.1, -0.05) is 26.7 Å². The van der Waals surface area contributed by atoms with Crippen LogP contribution in [0, 0.1) is 0 Å². The lowest BCUT2D eigenvalue weighted by Crippen LogP contribution is -2.03. The highest BCUT2D eigenvalue weighted by Gasteiger charge is 1.98. The van der Waals surface area contributed by atoms with Gasteiger partial charge < -0.3 is 14.6 Å². The van der Waals surface area contributed by atoms with Crippen molar-refractivity contribution in [3.05, 3.63) is 37.6 Å². The lowest BCUT2D eigenvalue weighted by molar-refractivity contribution is -0.139. The molecule has 0 fully saturated rings. The van der Waals surface area contributed by atoms with Crippen molar-refractivity contribution in [1.29, 1.82) is 0 Å². The van der Waals surface area contributed by atoms with Crippen LogP contribution in [0.2, 0.25) is 0 Å². The third-order valence-electron chi connectivity index (χ3n) is 1.47. The Bertz CT molecular complexity index is 357. The summed E-state index contributed by atoms with van der Waals surface area (Å²) in [7, 11) is 0. The average molecular weight is 300 g/mol. The van der Waals surface area contributed by atoms with Gasteiger partial charge in [-0.05, 0) is 20.3 Å². The van der Waals surface area contributed by atoms with Gasteiger partial charge in [-0.15, -0.1) is 0 Å². The average Bonchev–Trinajstić information content (AvgIpc) is 2.41. The van der Waals surface area contributed by atoms with Gasteiger partial charge >= 0.3 is 17.9 Å². The molecule has 0 atom stereocenters. The van der Waals surface area contributed by atoms with Crippen molar-refractivity contribution in [3.63, 3.8) is 0 Å². The number of hydrogen-bond acceptors (Lipinski definition) is 5. The second-order valence-corrected chi connectivity index (χ2v) is 3.45. The number of rotatable bonds is 6. The number of carbonyl (C=O) groups excluding carboxylic acids is 2. The van der Waals surface area contributed by atoms with E-state index in [1.807, 2.05) is 6.92 Å². The van der Waals surface area contributed by atoms with Crippen LogP contribution < -0.4 is 0 Å². The van der Waals surface area contributed by atoms with E-state index in [0.717, 1.165) is 18.8 Å². The first-order valence-corrected chi connectivity index (χ1v) is 6.25. The van der Waals surface area contributed by atoms with Crippen molar-refractivity contribution in [2.45, 2.75) is 33.6 Å². The molecule has 0 saturated heterocycles. The zero-order valence-corrected chi connectivity index (χ0v) is 12.9. The number of carboxylic acid groups (broad SMARTS) is 1. The first-order valence-electron chi connectivity index (χ1n) is 6.25. The van der Waals surface area contributed by atoms with Crippen molar-refractivity contribution in [2.75, 3.05) is 6.61 Å². The minimum Gasteiger partial charge on any atom is -0.478 e. The van der Waals surface area contributed by atoms with Crippen LogP contribution in [0.5, 0.6) is 0 Å². The molecule has 21 heavy (non-hydrogen) atoms. The molecule has 0 aliphatic rings. The Labute approximate surface area is 125 Å². The largest absolute Gasteiger partial charge is 0.478 e. The molecule has 0 unspecified atom stereocenters. The van der Waals surface area contributed by atoms with E-state index in [4.69, 9.17) is 5.11 Å². The van der Waals surface area contributed by atoms with Crippen molar-refractivity contribution in [2.24, 2.45) is 0 Å².